The first-order valence-corrected chi connectivity index (χ1v) is 7.35. The Hall–Kier alpha value is -2.21. The van der Waals surface area contributed by atoms with Gasteiger partial charge >= 0.3 is 0 Å². The first-order chi connectivity index (χ1) is 9.92. The van der Waals surface area contributed by atoms with Crippen molar-refractivity contribution in [3.63, 3.8) is 0 Å². The van der Waals surface area contributed by atoms with Crippen LogP contribution in [0.4, 0.5) is 5.69 Å². The minimum absolute atomic E-state index is 0.168. The second-order valence-corrected chi connectivity index (χ2v) is 5.56. The fourth-order valence-electron chi connectivity index (χ4n) is 2.53. The molecule has 1 unspecified atom stereocenters. The first-order valence-electron chi connectivity index (χ1n) is 6.47. The number of thiazole rings is 1. The van der Waals surface area contributed by atoms with E-state index >= 15 is 0 Å². The number of nitrogens with zero attached hydrogens (tertiary/aromatic N) is 3. The van der Waals surface area contributed by atoms with E-state index in [1.165, 1.54) is 16.9 Å². The van der Waals surface area contributed by atoms with Gasteiger partial charge in [-0.25, -0.2) is 0 Å². The second kappa shape index (κ2) is 4.72. The fraction of sp³-hybridized carbons (Fsp3) is 0.214. The highest BCUT2D eigenvalue weighted by molar-refractivity contribution is 7.13. The molecule has 4 rings (SSSR count). The van der Waals surface area contributed by atoms with Crippen molar-refractivity contribution >= 4 is 17.0 Å². The van der Waals surface area contributed by atoms with Gasteiger partial charge in [-0.1, -0.05) is 23.4 Å². The van der Waals surface area contributed by atoms with Crippen LogP contribution in [0.1, 0.15) is 23.8 Å². The Bertz CT molecular complexity index is 722. The number of nitrogens with one attached hydrogen (secondary N) is 1. The molecule has 5 nitrogen and oxygen atoms in total. The predicted molar refractivity (Wildman–Crippen MR) is 76.8 cm³/mol. The summed E-state index contributed by atoms with van der Waals surface area (Å²) in [7, 11) is 0. The number of aromatic nitrogens is 3. The summed E-state index contributed by atoms with van der Waals surface area (Å²) in [4.78, 5) is 9.52. The number of benzene rings is 1. The van der Waals surface area contributed by atoms with E-state index in [0.717, 1.165) is 23.5 Å². The van der Waals surface area contributed by atoms with Gasteiger partial charge in [0.05, 0.1) is 16.3 Å². The van der Waals surface area contributed by atoms with Crippen molar-refractivity contribution in [2.45, 2.75) is 12.3 Å². The van der Waals surface area contributed by atoms with Gasteiger partial charge in [-0.2, -0.15) is 4.98 Å². The van der Waals surface area contributed by atoms with E-state index in [1.54, 1.807) is 11.7 Å². The molecular weight excluding hydrogens is 272 g/mol. The average molecular weight is 284 g/mol. The summed E-state index contributed by atoms with van der Waals surface area (Å²) < 4.78 is 5.47. The number of hydrogen-bond donors (Lipinski definition) is 1. The zero-order valence-corrected chi connectivity index (χ0v) is 11.4. The zero-order valence-electron chi connectivity index (χ0n) is 10.6. The Morgan fingerprint density at radius 3 is 3.15 bits per heavy atom. The molecule has 1 aliphatic rings. The summed E-state index contributed by atoms with van der Waals surface area (Å²) in [5.74, 6) is 1.47. The van der Waals surface area contributed by atoms with E-state index in [4.69, 9.17) is 4.52 Å². The van der Waals surface area contributed by atoms with Crippen LogP contribution in [0.3, 0.4) is 0 Å². The topological polar surface area (TPSA) is 63.8 Å². The summed E-state index contributed by atoms with van der Waals surface area (Å²) >= 11 is 1.51. The largest absolute Gasteiger partial charge is 0.385 e. The molecule has 1 aromatic carbocycles. The molecule has 20 heavy (non-hydrogen) atoms. The molecule has 0 saturated heterocycles. The summed E-state index contributed by atoms with van der Waals surface area (Å²) in [6, 6.07) is 8.27. The summed E-state index contributed by atoms with van der Waals surface area (Å²) in [6.07, 6.45) is 2.72. The van der Waals surface area contributed by atoms with Gasteiger partial charge in [-0.15, -0.1) is 11.3 Å². The third kappa shape index (κ3) is 1.89. The molecule has 0 radical (unpaired) electrons. The highest BCUT2D eigenvalue weighted by Gasteiger charge is 2.26. The molecule has 0 saturated carbocycles. The lowest BCUT2D eigenvalue weighted by Gasteiger charge is -2.23. The maximum Gasteiger partial charge on any atom is 0.234 e. The van der Waals surface area contributed by atoms with Gasteiger partial charge in [-0.05, 0) is 18.1 Å². The van der Waals surface area contributed by atoms with Crippen LogP contribution in [0.25, 0.3) is 10.7 Å². The lowest BCUT2D eigenvalue weighted by molar-refractivity contribution is 0.361. The van der Waals surface area contributed by atoms with Gasteiger partial charge < -0.3 is 9.84 Å². The highest BCUT2D eigenvalue weighted by atomic mass is 32.1. The third-order valence-corrected chi connectivity index (χ3v) is 4.25. The van der Waals surface area contributed by atoms with Crippen molar-refractivity contribution in [3.05, 3.63) is 47.4 Å². The molecule has 0 amide bonds. The molecule has 0 spiro atoms. The van der Waals surface area contributed by atoms with Crippen LogP contribution in [0.5, 0.6) is 0 Å². The van der Waals surface area contributed by atoms with Crippen LogP contribution in [0.15, 0.2) is 40.5 Å². The maximum atomic E-state index is 5.47. The number of para-hydroxylation sites is 1. The minimum atomic E-state index is 0.168. The normalized spacial score (nSPS) is 17.5. The lowest BCUT2D eigenvalue weighted by Crippen LogP contribution is -2.17. The standard InChI is InChI=1S/C14H12N4OS/c1-2-4-11-9(3-1)10(5-6-16-11)14-17-13(18-19-14)12-7-15-8-20-12/h1-4,7-8,10,16H,5-6H2. The molecular formula is C14H12N4OS. The second-order valence-electron chi connectivity index (χ2n) is 4.68. The predicted octanol–water partition coefficient (Wildman–Crippen LogP) is 3.14. The molecule has 100 valence electrons. The van der Waals surface area contributed by atoms with E-state index in [2.05, 4.69) is 32.6 Å². The summed E-state index contributed by atoms with van der Waals surface area (Å²) in [6.45, 7) is 0.917. The van der Waals surface area contributed by atoms with Crippen molar-refractivity contribution in [1.82, 2.24) is 15.1 Å². The van der Waals surface area contributed by atoms with E-state index in [9.17, 15) is 0 Å². The van der Waals surface area contributed by atoms with E-state index in [0.29, 0.717) is 11.7 Å². The number of anilines is 1. The van der Waals surface area contributed by atoms with E-state index < -0.39 is 0 Å². The van der Waals surface area contributed by atoms with Crippen LogP contribution in [-0.2, 0) is 0 Å². The number of hydrogen-bond acceptors (Lipinski definition) is 6. The third-order valence-electron chi connectivity index (χ3n) is 3.48. The minimum Gasteiger partial charge on any atom is -0.385 e. The van der Waals surface area contributed by atoms with Gasteiger partial charge in [0.1, 0.15) is 0 Å². The Kier molecular flexibility index (Phi) is 2.74. The quantitative estimate of drug-likeness (QED) is 0.783. The molecule has 3 heterocycles. The fourth-order valence-corrected chi connectivity index (χ4v) is 3.07. The monoisotopic (exact) mass is 284 g/mol. The SMILES string of the molecule is c1ccc2c(c1)NCCC2c1nc(-c2cncs2)no1. The number of rotatable bonds is 2. The molecule has 0 bridgehead atoms. The van der Waals surface area contributed by atoms with E-state index in [1.807, 2.05) is 12.1 Å². The van der Waals surface area contributed by atoms with Crippen LogP contribution < -0.4 is 5.32 Å². The first kappa shape index (κ1) is 11.6. The van der Waals surface area contributed by atoms with Crippen molar-refractivity contribution in [2.24, 2.45) is 0 Å². The van der Waals surface area contributed by atoms with Crippen molar-refractivity contribution < 1.29 is 4.52 Å². The Morgan fingerprint density at radius 1 is 1.30 bits per heavy atom. The van der Waals surface area contributed by atoms with Gasteiger partial charge in [0, 0.05) is 18.4 Å². The van der Waals surface area contributed by atoms with Crippen LogP contribution in [0, 0.1) is 0 Å². The molecule has 6 heteroatoms. The Labute approximate surface area is 119 Å². The molecule has 2 aromatic heterocycles. The Balaban J connectivity index is 1.72. The van der Waals surface area contributed by atoms with Crippen LogP contribution in [-0.4, -0.2) is 21.7 Å². The average Bonchev–Trinajstić information content (AvgIpc) is 3.17. The molecule has 0 aliphatic carbocycles. The number of fused-ring (bicyclic) bond motifs is 1. The molecule has 3 aromatic rings. The summed E-state index contributed by atoms with van der Waals surface area (Å²) in [5.41, 5.74) is 4.14. The molecule has 1 atom stereocenters. The van der Waals surface area contributed by atoms with Crippen LogP contribution >= 0.6 is 11.3 Å². The van der Waals surface area contributed by atoms with Crippen molar-refractivity contribution in [2.75, 3.05) is 11.9 Å². The summed E-state index contributed by atoms with van der Waals surface area (Å²) in [5, 5.41) is 7.47. The van der Waals surface area contributed by atoms with E-state index in [-0.39, 0.29) is 5.92 Å². The van der Waals surface area contributed by atoms with Gasteiger partial charge in [0.15, 0.2) is 0 Å². The highest BCUT2D eigenvalue weighted by Crippen LogP contribution is 2.36. The van der Waals surface area contributed by atoms with Crippen molar-refractivity contribution in [1.29, 1.82) is 0 Å². The smallest absolute Gasteiger partial charge is 0.234 e. The molecule has 1 N–H and O–H groups in total. The zero-order chi connectivity index (χ0) is 13.4. The maximum absolute atomic E-state index is 5.47. The Morgan fingerprint density at radius 2 is 2.25 bits per heavy atom. The van der Waals surface area contributed by atoms with Crippen molar-refractivity contribution in [3.8, 4) is 10.7 Å². The lowest BCUT2D eigenvalue weighted by atomic mass is 9.91. The van der Waals surface area contributed by atoms with Gasteiger partial charge in [-0.3, -0.25) is 4.98 Å². The van der Waals surface area contributed by atoms with Crippen LogP contribution in [0.2, 0.25) is 0 Å². The molecule has 0 fully saturated rings. The van der Waals surface area contributed by atoms with Gasteiger partial charge in [0.25, 0.3) is 0 Å². The molecule has 1 aliphatic heterocycles. The van der Waals surface area contributed by atoms with Gasteiger partial charge in [0.2, 0.25) is 11.7 Å².